The van der Waals surface area contributed by atoms with Crippen molar-refractivity contribution >= 4 is 62.9 Å². The number of carbonyl (C=O) groups is 1. The van der Waals surface area contributed by atoms with E-state index >= 15 is 0 Å². The van der Waals surface area contributed by atoms with Crippen LogP contribution in [0.25, 0.3) is 0 Å². The first-order chi connectivity index (χ1) is 9.71. The molecule has 0 saturated carbocycles. The molecule has 21 heavy (non-hydrogen) atoms. The first kappa shape index (κ1) is 16.4. The van der Waals surface area contributed by atoms with E-state index in [2.05, 4.69) is 10.3 Å². The smallest absolute Gasteiger partial charge is 0.315 e. The molecule has 0 aliphatic rings. The largest absolute Gasteiger partial charge is 0.481 e. The van der Waals surface area contributed by atoms with E-state index in [0.717, 1.165) is 0 Å². The number of halogens is 3. The van der Waals surface area contributed by atoms with Crippen LogP contribution in [0.15, 0.2) is 17.5 Å². The predicted octanol–water partition coefficient (Wildman–Crippen LogP) is 5.21. The van der Waals surface area contributed by atoms with Gasteiger partial charge in [0.25, 0.3) is 0 Å². The summed E-state index contributed by atoms with van der Waals surface area (Å²) in [6.45, 7) is 3.20. The Hall–Kier alpha value is -1.01. The number of nitrogens with zero attached hydrogens (tertiary/aromatic N) is 1. The van der Waals surface area contributed by atoms with Crippen molar-refractivity contribution in [2.75, 3.05) is 5.32 Å². The molecule has 2 rings (SSSR count). The van der Waals surface area contributed by atoms with Crippen LogP contribution in [-0.2, 0) is 10.2 Å². The number of carboxylic acids is 1. The summed E-state index contributed by atoms with van der Waals surface area (Å²) >= 11 is 19.2. The molecule has 4 nitrogen and oxygen atoms in total. The quantitative estimate of drug-likeness (QED) is 0.730. The Bertz CT molecular complexity index is 701. The van der Waals surface area contributed by atoms with Gasteiger partial charge < -0.3 is 10.4 Å². The molecule has 0 saturated heterocycles. The molecule has 0 spiro atoms. The van der Waals surface area contributed by atoms with E-state index in [1.54, 1.807) is 25.3 Å². The molecule has 1 aromatic carbocycles. The third kappa shape index (κ3) is 3.43. The molecule has 8 heteroatoms. The van der Waals surface area contributed by atoms with Gasteiger partial charge in [0.1, 0.15) is 5.41 Å². The number of hydrogen-bond donors (Lipinski definition) is 2. The highest BCUT2D eigenvalue weighted by atomic mass is 35.5. The molecule has 0 radical (unpaired) electrons. The van der Waals surface area contributed by atoms with Crippen molar-refractivity contribution in [2.24, 2.45) is 0 Å². The van der Waals surface area contributed by atoms with Gasteiger partial charge in [0.2, 0.25) is 0 Å². The third-order valence-electron chi connectivity index (χ3n) is 2.93. The molecule has 0 unspecified atom stereocenters. The minimum absolute atomic E-state index is 0.360. The Kier molecular flexibility index (Phi) is 4.68. The molecular formula is C13H11Cl3N2O2S. The summed E-state index contributed by atoms with van der Waals surface area (Å²) in [5.74, 6) is -0.938. The second-order valence-corrected chi connectivity index (χ2v) is 6.92. The van der Waals surface area contributed by atoms with Crippen LogP contribution in [0.1, 0.15) is 19.5 Å². The molecule has 2 aromatic rings. The van der Waals surface area contributed by atoms with Crippen LogP contribution in [0.2, 0.25) is 15.1 Å². The van der Waals surface area contributed by atoms with Crippen molar-refractivity contribution in [3.05, 3.63) is 38.3 Å². The molecule has 0 bridgehead atoms. The highest BCUT2D eigenvalue weighted by Crippen LogP contribution is 2.35. The number of benzene rings is 1. The van der Waals surface area contributed by atoms with E-state index < -0.39 is 11.4 Å². The number of hydrogen-bond acceptors (Lipinski definition) is 4. The lowest BCUT2D eigenvalue weighted by molar-refractivity contribution is -0.142. The normalized spacial score (nSPS) is 11.5. The molecule has 1 heterocycles. The maximum atomic E-state index is 11.2. The molecule has 1 aromatic heterocycles. The highest BCUT2D eigenvalue weighted by molar-refractivity contribution is 7.13. The van der Waals surface area contributed by atoms with E-state index in [4.69, 9.17) is 34.8 Å². The van der Waals surface area contributed by atoms with Crippen LogP contribution in [0.4, 0.5) is 10.8 Å². The molecule has 112 valence electrons. The van der Waals surface area contributed by atoms with Crippen LogP contribution in [0, 0.1) is 0 Å². The van der Waals surface area contributed by atoms with E-state index in [9.17, 15) is 9.90 Å². The predicted molar refractivity (Wildman–Crippen MR) is 87.5 cm³/mol. The third-order valence-corrected chi connectivity index (χ3v) is 4.72. The molecule has 0 aliphatic carbocycles. The lowest BCUT2D eigenvalue weighted by Gasteiger charge is -2.15. The van der Waals surface area contributed by atoms with Gasteiger partial charge in [-0.1, -0.05) is 34.8 Å². The van der Waals surface area contributed by atoms with E-state index in [1.165, 1.54) is 17.4 Å². The Morgan fingerprint density at radius 2 is 1.86 bits per heavy atom. The number of thiazole rings is 1. The van der Waals surface area contributed by atoms with Crippen LogP contribution >= 0.6 is 46.1 Å². The molecule has 0 aliphatic heterocycles. The Morgan fingerprint density at radius 3 is 2.48 bits per heavy atom. The fourth-order valence-electron chi connectivity index (χ4n) is 1.46. The van der Waals surface area contributed by atoms with Gasteiger partial charge in [0, 0.05) is 5.38 Å². The van der Waals surface area contributed by atoms with E-state index in [-0.39, 0.29) is 0 Å². The summed E-state index contributed by atoms with van der Waals surface area (Å²) < 4.78 is 0. The summed E-state index contributed by atoms with van der Waals surface area (Å²) in [5, 5.41) is 15.6. The van der Waals surface area contributed by atoms with Gasteiger partial charge in [0.05, 0.1) is 26.4 Å². The van der Waals surface area contributed by atoms with Gasteiger partial charge in [-0.25, -0.2) is 4.98 Å². The standard InChI is InChI=1S/C13H11Cl3N2O2S/c1-13(2,11(19)20)10-5-21-12(18-10)17-9-4-7(15)6(14)3-8(9)16/h3-5H,1-2H3,(H,17,18)(H,19,20). The van der Waals surface area contributed by atoms with Crippen LogP contribution in [0.3, 0.4) is 0 Å². The lowest BCUT2D eigenvalue weighted by atomic mass is 9.90. The molecule has 0 fully saturated rings. The van der Waals surface area contributed by atoms with Gasteiger partial charge >= 0.3 is 5.97 Å². The summed E-state index contributed by atoms with van der Waals surface area (Å²) in [6, 6.07) is 3.12. The number of aromatic nitrogens is 1. The van der Waals surface area contributed by atoms with Crippen molar-refractivity contribution in [2.45, 2.75) is 19.3 Å². The van der Waals surface area contributed by atoms with Gasteiger partial charge in [-0.15, -0.1) is 11.3 Å². The minimum atomic E-state index is -1.06. The molecule has 0 amide bonds. The van der Waals surface area contributed by atoms with Crippen molar-refractivity contribution in [3.63, 3.8) is 0 Å². The monoisotopic (exact) mass is 364 g/mol. The second kappa shape index (κ2) is 6.01. The maximum absolute atomic E-state index is 11.2. The van der Waals surface area contributed by atoms with Gasteiger partial charge in [-0.3, -0.25) is 4.79 Å². The van der Waals surface area contributed by atoms with Crippen molar-refractivity contribution in [1.29, 1.82) is 0 Å². The average molecular weight is 366 g/mol. The Labute approximate surface area is 140 Å². The molecular weight excluding hydrogens is 355 g/mol. The summed E-state index contributed by atoms with van der Waals surface area (Å²) in [5.41, 5.74) is -0.0310. The van der Waals surface area contributed by atoms with Gasteiger partial charge in [0.15, 0.2) is 5.13 Å². The summed E-state index contributed by atoms with van der Waals surface area (Å²) in [6.07, 6.45) is 0. The van der Waals surface area contributed by atoms with Crippen molar-refractivity contribution in [1.82, 2.24) is 4.98 Å². The topological polar surface area (TPSA) is 62.2 Å². The molecule has 0 atom stereocenters. The van der Waals surface area contributed by atoms with Crippen LogP contribution in [-0.4, -0.2) is 16.1 Å². The van der Waals surface area contributed by atoms with Crippen molar-refractivity contribution in [3.8, 4) is 0 Å². The number of rotatable bonds is 4. The highest BCUT2D eigenvalue weighted by Gasteiger charge is 2.32. The summed E-state index contributed by atoms with van der Waals surface area (Å²) in [7, 11) is 0. The number of aliphatic carboxylic acids is 1. The Balaban J connectivity index is 2.28. The number of nitrogens with one attached hydrogen (secondary N) is 1. The van der Waals surface area contributed by atoms with Crippen molar-refractivity contribution < 1.29 is 9.90 Å². The van der Waals surface area contributed by atoms with E-state index in [0.29, 0.717) is 31.6 Å². The van der Waals surface area contributed by atoms with E-state index in [1.807, 2.05) is 0 Å². The maximum Gasteiger partial charge on any atom is 0.315 e. The fraction of sp³-hybridized carbons (Fsp3) is 0.231. The number of anilines is 2. The van der Waals surface area contributed by atoms with Gasteiger partial charge in [-0.05, 0) is 26.0 Å². The first-order valence-corrected chi connectivity index (χ1v) is 7.84. The fourth-order valence-corrected chi connectivity index (χ4v) is 2.95. The SMILES string of the molecule is CC(C)(C(=O)O)c1csc(Nc2cc(Cl)c(Cl)cc2Cl)n1. The zero-order valence-corrected chi connectivity index (χ0v) is 14.2. The van der Waals surface area contributed by atoms with Gasteiger partial charge in [-0.2, -0.15) is 0 Å². The second-order valence-electron chi connectivity index (χ2n) is 4.84. The minimum Gasteiger partial charge on any atom is -0.481 e. The van der Waals surface area contributed by atoms with Crippen LogP contribution in [0.5, 0.6) is 0 Å². The zero-order valence-electron chi connectivity index (χ0n) is 11.1. The average Bonchev–Trinajstić information content (AvgIpc) is 2.85. The summed E-state index contributed by atoms with van der Waals surface area (Å²) in [4.78, 5) is 15.5. The first-order valence-electron chi connectivity index (χ1n) is 5.83. The zero-order chi connectivity index (χ0) is 15.8. The molecule has 2 N–H and O–H groups in total. The number of carboxylic acid groups (broad SMARTS) is 1. The van der Waals surface area contributed by atoms with Crippen LogP contribution < -0.4 is 5.32 Å². The lowest BCUT2D eigenvalue weighted by Crippen LogP contribution is -2.28. The Morgan fingerprint density at radius 1 is 1.24 bits per heavy atom.